The normalized spacial score (nSPS) is 19.9. The maximum absolute atomic E-state index is 12.5. The average Bonchev–Trinajstić information content (AvgIpc) is 2.62. The van der Waals surface area contributed by atoms with Crippen molar-refractivity contribution in [1.29, 1.82) is 0 Å². The van der Waals surface area contributed by atoms with Gasteiger partial charge in [0.05, 0.1) is 0 Å². The van der Waals surface area contributed by atoms with Crippen LogP contribution in [0.15, 0.2) is 42.1 Å². The predicted octanol–water partition coefficient (Wildman–Crippen LogP) is 3.50. The molecule has 2 N–H and O–H groups in total. The highest BCUT2D eigenvalue weighted by Gasteiger charge is 2.29. The number of carbonyl (C=O) groups is 2. The summed E-state index contributed by atoms with van der Waals surface area (Å²) in [5, 5.41) is 5.51. The van der Waals surface area contributed by atoms with E-state index in [0.717, 1.165) is 25.1 Å². The van der Waals surface area contributed by atoms with Crippen LogP contribution in [0.5, 0.6) is 0 Å². The monoisotopic (exact) mass is 327 g/mol. The third kappa shape index (κ3) is 4.16. The first-order chi connectivity index (χ1) is 11.7. The Morgan fingerprint density at radius 3 is 2.75 bits per heavy atom. The van der Waals surface area contributed by atoms with E-state index in [0.29, 0.717) is 18.9 Å². The molecule has 0 radical (unpaired) electrons. The van der Waals surface area contributed by atoms with Crippen molar-refractivity contribution in [3.63, 3.8) is 0 Å². The van der Waals surface area contributed by atoms with Gasteiger partial charge in [0, 0.05) is 30.9 Å². The number of anilines is 1. The SMILES string of the molecule is O=C(NCCC(=O)N1CCCC2CCCC=C21)Nc1ccccc1. The highest BCUT2D eigenvalue weighted by molar-refractivity contribution is 5.89. The van der Waals surface area contributed by atoms with E-state index in [-0.39, 0.29) is 11.9 Å². The molecule has 1 aromatic carbocycles. The highest BCUT2D eigenvalue weighted by atomic mass is 16.2. The Kier molecular flexibility index (Phi) is 5.51. The number of likely N-dealkylation sites (tertiary alicyclic amines) is 1. The molecule has 1 heterocycles. The van der Waals surface area contributed by atoms with E-state index in [1.165, 1.54) is 25.0 Å². The molecular formula is C19H25N3O2. The van der Waals surface area contributed by atoms with Gasteiger partial charge in [-0.05, 0) is 50.2 Å². The van der Waals surface area contributed by atoms with E-state index in [1.54, 1.807) is 0 Å². The number of hydrogen-bond acceptors (Lipinski definition) is 2. The van der Waals surface area contributed by atoms with Crippen LogP contribution in [0.2, 0.25) is 0 Å². The molecule has 5 nitrogen and oxygen atoms in total. The highest BCUT2D eigenvalue weighted by Crippen LogP contribution is 2.35. The predicted molar refractivity (Wildman–Crippen MR) is 94.5 cm³/mol. The molecule has 0 aromatic heterocycles. The zero-order valence-electron chi connectivity index (χ0n) is 14.0. The number of carbonyl (C=O) groups excluding carboxylic acids is 2. The van der Waals surface area contributed by atoms with Gasteiger partial charge in [-0.1, -0.05) is 24.3 Å². The van der Waals surface area contributed by atoms with Gasteiger partial charge in [-0.3, -0.25) is 4.79 Å². The van der Waals surface area contributed by atoms with Crippen LogP contribution < -0.4 is 10.6 Å². The number of hydrogen-bond donors (Lipinski definition) is 2. The summed E-state index contributed by atoms with van der Waals surface area (Å²) < 4.78 is 0. The van der Waals surface area contributed by atoms with Crippen LogP contribution in [0.3, 0.4) is 0 Å². The number of nitrogens with zero attached hydrogens (tertiary/aromatic N) is 1. The Morgan fingerprint density at radius 2 is 1.92 bits per heavy atom. The van der Waals surface area contributed by atoms with Gasteiger partial charge in [0.1, 0.15) is 0 Å². The number of amides is 3. The third-order valence-electron chi connectivity index (χ3n) is 4.73. The van der Waals surface area contributed by atoms with Crippen LogP contribution in [0.4, 0.5) is 10.5 Å². The Balaban J connectivity index is 1.45. The Hall–Kier alpha value is -2.30. The maximum atomic E-state index is 12.5. The van der Waals surface area contributed by atoms with E-state index in [2.05, 4.69) is 16.7 Å². The maximum Gasteiger partial charge on any atom is 0.319 e. The van der Waals surface area contributed by atoms with Gasteiger partial charge in [-0.25, -0.2) is 4.79 Å². The van der Waals surface area contributed by atoms with Gasteiger partial charge in [-0.15, -0.1) is 0 Å². The second-order valence-corrected chi connectivity index (χ2v) is 6.44. The molecule has 3 amide bonds. The lowest BCUT2D eigenvalue weighted by molar-refractivity contribution is -0.130. The van der Waals surface area contributed by atoms with E-state index in [9.17, 15) is 9.59 Å². The van der Waals surface area contributed by atoms with Gasteiger partial charge in [0.2, 0.25) is 5.91 Å². The Bertz CT molecular complexity index is 612. The van der Waals surface area contributed by atoms with Gasteiger partial charge < -0.3 is 15.5 Å². The number of urea groups is 1. The minimum atomic E-state index is -0.276. The molecule has 24 heavy (non-hydrogen) atoms. The molecule has 3 rings (SSSR count). The van der Waals surface area contributed by atoms with Crippen LogP contribution in [0, 0.1) is 5.92 Å². The number of rotatable bonds is 4. The molecule has 1 atom stereocenters. The minimum absolute atomic E-state index is 0.118. The van der Waals surface area contributed by atoms with Crippen LogP contribution in [0.25, 0.3) is 0 Å². The van der Waals surface area contributed by atoms with Gasteiger partial charge in [-0.2, -0.15) is 0 Å². The van der Waals surface area contributed by atoms with Crippen molar-refractivity contribution in [3.8, 4) is 0 Å². The zero-order valence-corrected chi connectivity index (χ0v) is 14.0. The fourth-order valence-corrected chi connectivity index (χ4v) is 3.56. The van der Waals surface area contributed by atoms with Crippen LogP contribution in [-0.4, -0.2) is 29.9 Å². The van der Waals surface area contributed by atoms with Crippen LogP contribution >= 0.6 is 0 Å². The summed E-state index contributed by atoms with van der Waals surface area (Å²) in [7, 11) is 0. The van der Waals surface area contributed by atoms with E-state index < -0.39 is 0 Å². The standard InChI is InChI=1S/C19H25N3O2/c23-18(22-14-6-8-15-7-4-5-11-17(15)22)12-13-20-19(24)21-16-9-2-1-3-10-16/h1-3,9-11,15H,4-8,12-14H2,(H2,20,21,24). The molecule has 1 aliphatic carbocycles. The van der Waals surface area contributed by atoms with E-state index in [1.807, 2.05) is 35.2 Å². The van der Waals surface area contributed by atoms with Crippen molar-refractivity contribution >= 4 is 17.6 Å². The lowest BCUT2D eigenvalue weighted by atomic mass is 9.85. The van der Waals surface area contributed by atoms with Gasteiger partial charge in [0.25, 0.3) is 0 Å². The first-order valence-electron chi connectivity index (χ1n) is 8.84. The summed E-state index contributed by atoms with van der Waals surface area (Å²) in [5.41, 5.74) is 1.97. The quantitative estimate of drug-likeness (QED) is 0.889. The zero-order chi connectivity index (χ0) is 16.8. The lowest BCUT2D eigenvalue weighted by Crippen LogP contribution is -2.40. The number of allylic oxidation sites excluding steroid dienone is 2. The second kappa shape index (κ2) is 7.99. The van der Waals surface area contributed by atoms with Crippen LogP contribution in [-0.2, 0) is 4.79 Å². The topological polar surface area (TPSA) is 61.4 Å². The minimum Gasteiger partial charge on any atom is -0.337 e. The van der Waals surface area contributed by atoms with E-state index in [4.69, 9.17) is 0 Å². The first-order valence-corrected chi connectivity index (χ1v) is 8.84. The molecule has 128 valence electrons. The number of fused-ring (bicyclic) bond motifs is 1. The molecule has 1 fully saturated rings. The average molecular weight is 327 g/mol. The fraction of sp³-hybridized carbons (Fsp3) is 0.474. The number of benzene rings is 1. The molecule has 0 saturated carbocycles. The summed E-state index contributed by atoms with van der Waals surface area (Å²) in [6, 6.07) is 9.01. The molecule has 1 aliphatic heterocycles. The number of nitrogens with one attached hydrogen (secondary N) is 2. The Morgan fingerprint density at radius 1 is 1.12 bits per heavy atom. The van der Waals surface area contributed by atoms with Gasteiger partial charge in [0.15, 0.2) is 0 Å². The van der Waals surface area contributed by atoms with Crippen molar-refractivity contribution in [3.05, 3.63) is 42.1 Å². The lowest BCUT2D eigenvalue weighted by Gasteiger charge is -2.38. The summed E-state index contributed by atoms with van der Waals surface area (Å²) in [6.45, 7) is 1.17. The van der Waals surface area contributed by atoms with Crippen molar-refractivity contribution in [1.82, 2.24) is 10.2 Å². The second-order valence-electron chi connectivity index (χ2n) is 6.44. The molecule has 1 saturated heterocycles. The summed E-state index contributed by atoms with van der Waals surface area (Å²) in [6.07, 6.45) is 8.37. The summed E-state index contributed by atoms with van der Waals surface area (Å²) in [5.74, 6) is 0.679. The number of piperidine rings is 1. The van der Waals surface area contributed by atoms with Crippen LogP contribution in [0.1, 0.15) is 38.5 Å². The Labute approximate surface area is 143 Å². The molecule has 5 heteroatoms. The number of para-hydroxylation sites is 1. The van der Waals surface area contributed by atoms with E-state index >= 15 is 0 Å². The van der Waals surface area contributed by atoms with Crippen molar-refractivity contribution < 1.29 is 9.59 Å². The largest absolute Gasteiger partial charge is 0.337 e. The molecule has 0 spiro atoms. The fourth-order valence-electron chi connectivity index (χ4n) is 3.56. The molecule has 2 aliphatic rings. The summed E-state index contributed by atoms with van der Waals surface area (Å²) >= 11 is 0. The molecule has 0 bridgehead atoms. The molecule has 1 unspecified atom stereocenters. The third-order valence-corrected chi connectivity index (χ3v) is 4.73. The molecular weight excluding hydrogens is 302 g/mol. The van der Waals surface area contributed by atoms with Gasteiger partial charge >= 0.3 is 6.03 Å². The van der Waals surface area contributed by atoms with Crippen molar-refractivity contribution in [2.45, 2.75) is 38.5 Å². The summed E-state index contributed by atoms with van der Waals surface area (Å²) in [4.78, 5) is 26.3. The molecule has 1 aromatic rings. The smallest absolute Gasteiger partial charge is 0.319 e. The van der Waals surface area contributed by atoms with Crippen molar-refractivity contribution in [2.75, 3.05) is 18.4 Å². The first kappa shape index (κ1) is 16.6. The van der Waals surface area contributed by atoms with Crippen molar-refractivity contribution in [2.24, 2.45) is 5.92 Å².